The van der Waals surface area contributed by atoms with E-state index in [2.05, 4.69) is 10.3 Å². The Labute approximate surface area is 255 Å². The molecule has 0 saturated heterocycles. The standard InChI is InChI=1S/C34H36N6O4/c1-34(2)22-19-23(35)29-30(39-31(38-29)25-12-11-21-8-5-6-9-24(21)37-25)28(22)32(41)40(33(34)42)17-7-15-36-16-14-20-10-13-26(43-3)27(18-20)44-4/h5-6,8-13,18-19,36H,7,14-17,35H2,1-4H3,(H,38,39). The van der Waals surface area contributed by atoms with Gasteiger partial charge in [-0.05, 0) is 81.2 Å². The quantitative estimate of drug-likeness (QED) is 0.119. The van der Waals surface area contributed by atoms with Gasteiger partial charge >= 0.3 is 0 Å². The maximum absolute atomic E-state index is 13.9. The van der Waals surface area contributed by atoms with Crippen molar-refractivity contribution in [3.63, 3.8) is 0 Å². The van der Waals surface area contributed by atoms with Gasteiger partial charge in [0.1, 0.15) is 11.2 Å². The number of carbonyl (C=O) groups excluding carboxylic acids is 2. The number of aromatic amines is 1. The molecule has 0 radical (unpaired) electrons. The van der Waals surface area contributed by atoms with Crippen LogP contribution in [0.15, 0.2) is 60.7 Å². The third kappa shape index (κ3) is 5.11. The molecule has 0 fully saturated rings. The minimum atomic E-state index is -0.952. The van der Waals surface area contributed by atoms with Gasteiger partial charge in [-0.25, -0.2) is 9.97 Å². The number of carbonyl (C=O) groups is 2. The number of ether oxygens (including phenoxy) is 2. The summed E-state index contributed by atoms with van der Waals surface area (Å²) in [6.07, 6.45) is 1.41. The number of nitrogens with one attached hydrogen (secondary N) is 2. The molecule has 1 aliphatic heterocycles. The number of aromatic nitrogens is 3. The Hall–Kier alpha value is -4.96. The number of methoxy groups -OCH3 is 2. The topological polar surface area (TPSA) is 135 Å². The number of hydrogen-bond donors (Lipinski definition) is 3. The zero-order valence-corrected chi connectivity index (χ0v) is 25.4. The van der Waals surface area contributed by atoms with Crippen LogP contribution in [0.25, 0.3) is 33.5 Å². The van der Waals surface area contributed by atoms with Crippen LogP contribution < -0.4 is 20.5 Å². The number of imidazole rings is 1. The first kappa shape index (κ1) is 29.1. The summed E-state index contributed by atoms with van der Waals surface area (Å²) >= 11 is 0. The summed E-state index contributed by atoms with van der Waals surface area (Å²) in [4.78, 5) is 41.8. The molecule has 3 aromatic carbocycles. The third-order valence-corrected chi connectivity index (χ3v) is 8.33. The van der Waals surface area contributed by atoms with Crippen LogP contribution in [0.2, 0.25) is 0 Å². The highest BCUT2D eigenvalue weighted by Gasteiger charge is 2.46. The zero-order chi connectivity index (χ0) is 31.0. The largest absolute Gasteiger partial charge is 0.493 e. The number of fused-ring (bicyclic) bond motifs is 4. The van der Waals surface area contributed by atoms with E-state index in [0.29, 0.717) is 70.4 Å². The number of nitrogens with zero attached hydrogens (tertiary/aromatic N) is 3. The number of para-hydroxylation sites is 1. The second kappa shape index (κ2) is 11.6. The van der Waals surface area contributed by atoms with E-state index in [1.807, 2.05) is 68.4 Å². The maximum atomic E-state index is 13.9. The number of pyridine rings is 1. The van der Waals surface area contributed by atoms with Gasteiger partial charge in [-0.2, -0.15) is 0 Å². The lowest BCUT2D eigenvalue weighted by Crippen LogP contribution is -2.52. The molecule has 0 atom stereocenters. The number of benzene rings is 3. The van der Waals surface area contributed by atoms with Crippen molar-refractivity contribution in [3.05, 3.63) is 77.4 Å². The van der Waals surface area contributed by atoms with E-state index in [1.54, 1.807) is 20.3 Å². The number of H-pyrrole nitrogens is 1. The predicted molar refractivity (Wildman–Crippen MR) is 171 cm³/mol. The number of rotatable bonds is 10. The molecule has 1 aliphatic rings. The molecule has 226 valence electrons. The first-order valence-corrected chi connectivity index (χ1v) is 14.7. The van der Waals surface area contributed by atoms with Crippen LogP contribution in [0.5, 0.6) is 11.5 Å². The average molecular weight is 593 g/mol. The van der Waals surface area contributed by atoms with Gasteiger partial charge in [0.2, 0.25) is 5.91 Å². The molecule has 10 heteroatoms. The van der Waals surface area contributed by atoms with E-state index in [-0.39, 0.29) is 11.8 Å². The number of anilines is 1. The first-order valence-electron chi connectivity index (χ1n) is 14.7. The Balaban J connectivity index is 1.19. The number of hydrogen-bond acceptors (Lipinski definition) is 8. The highest BCUT2D eigenvalue weighted by atomic mass is 16.5. The predicted octanol–water partition coefficient (Wildman–Crippen LogP) is 4.86. The van der Waals surface area contributed by atoms with Crippen LogP contribution in [-0.2, 0) is 16.6 Å². The molecule has 2 amide bonds. The molecule has 0 unspecified atom stereocenters. The van der Waals surface area contributed by atoms with Gasteiger partial charge in [0.15, 0.2) is 17.3 Å². The van der Waals surface area contributed by atoms with Crippen LogP contribution in [0.4, 0.5) is 5.69 Å². The SMILES string of the molecule is COc1ccc(CCNCCCN2C(=O)c3c(cc(N)c4[nH]c(-c5ccc6ccccc6n5)nc34)C(C)(C)C2=O)cc1OC. The van der Waals surface area contributed by atoms with Crippen molar-refractivity contribution in [1.29, 1.82) is 0 Å². The molecule has 0 aliphatic carbocycles. The van der Waals surface area contributed by atoms with Gasteiger partial charge in [-0.3, -0.25) is 14.5 Å². The minimum absolute atomic E-state index is 0.244. The van der Waals surface area contributed by atoms with E-state index < -0.39 is 5.41 Å². The molecule has 10 nitrogen and oxygen atoms in total. The smallest absolute Gasteiger partial charge is 0.263 e. The molecule has 4 N–H and O–H groups in total. The van der Waals surface area contributed by atoms with Crippen LogP contribution >= 0.6 is 0 Å². The summed E-state index contributed by atoms with van der Waals surface area (Å²) in [6.45, 7) is 5.34. The number of nitrogens with two attached hydrogens (primary N) is 1. The highest BCUT2D eigenvalue weighted by Crippen LogP contribution is 2.40. The molecule has 0 bridgehead atoms. The first-order chi connectivity index (χ1) is 21.2. The van der Waals surface area contributed by atoms with E-state index in [1.165, 1.54) is 4.90 Å². The van der Waals surface area contributed by atoms with Gasteiger partial charge in [0, 0.05) is 11.9 Å². The Bertz CT molecular complexity index is 1900. The lowest BCUT2D eigenvalue weighted by atomic mass is 9.76. The molecule has 0 saturated carbocycles. The zero-order valence-electron chi connectivity index (χ0n) is 25.4. The van der Waals surface area contributed by atoms with Crippen molar-refractivity contribution >= 4 is 39.4 Å². The van der Waals surface area contributed by atoms with Crippen molar-refractivity contribution in [2.75, 3.05) is 39.6 Å². The van der Waals surface area contributed by atoms with Gasteiger partial charge in [0.25, 0.3) is 5.91 Å². The average Bonchev–Trinajstić information content (AvgIpc) is 3.49. The van der Waals surface area contributed by atoms with E-state index >= 15 is 0 Å². The fraction of sp³-hybridized carbons (Fsp3) is 0.294. The molecule has 0 spiro atoms. The van der Waals surface area contributed by atoms with E-state index in [0.717, 1.165) is 29.4 Å². The lowest BCUT2D eigenvalue weighted by molar-refractivity contribution is -0.134. The maximum Gasteiger partial charge on any atom is 0.263 e. The van der Waals surface area contributed by atoms with E-state index in [9.17, 15) is 9.59 Å². The molecular formula is C34H36N6O4. The highest BCUT2D eigenvalue weighted by molar-refractivity contribution is 6.19. The molecule has 44 heavy (non-hydrogen) atoms. The summed E-state index contributed by atoms with van der Waals surface area (Å²) in [5.74, 6) is 1.30. The summed E-state index contributed by atoms with van der Waals surface area (Å²) in [7, 11) is 3.24. The molecular weight excluding hydrogens is 556 g/mol. The number of amides is 2. The summed E-state index contributed by atoms with van der Waals surface area (Å²) in [6, 6.07) is 19.3. The third-order valence-electron chi connectivity index (χ3n) is 8.33. The summed E-state index contributed by atoms with van der Waals surface area (Å²) in [5, 5.41) is 4.44. The Morgan fingerprint density at radius 1 is 0.955 bits per heavy atom. The van der Waals surface area contributed by atoms with Crippen LogP contribution in [0.3, 0.4) is 0 Å². The molecule has 2 aromatic heterocycles. The summed E-state index contributed by atoms with van der Waals surface area (Å²) in [5.41, 5.74) is 10.5. The van der Waals surface area contributed by atoms with Crippen molar-refractivity contribution in [1.82, 2.24) is 25.2 Å². The van der Waals surface area contributed by atoms with Crippen molar-refractivity contribution in [2.24, 2.45) is 0 Å². The second-order valence-electron chi connectivity index (χ2n) is 11.5. The Kier molecular flexibility index (Phi) is 7.69. The second-order valence-corrected chi connectivity index (χ2v) is 11.5. The lowest BCUT2D eigenvalue weighted by Gasteiger charge is -2.37. The molecule has 6 rings (SSSR count). The van der Waals surface area contributed by atoms with Gasteiger partial charge < -0.3 is 25.5 Å². The fourth-order valence-corrected chi connectivity index (χ4v) is 5.86. The van der Waals surface area contributed by atoms with Gasteiger partial charge in [-0.15, -0.1) is 0 Å². The monoisotopic (exact) mass is 592 g/mol. The number of nitrogen functional groups attached to an aromatic ring is 1. The normalized spacial score (nSPS) is 14.3. The minimum Gasteiger partial charge on any atom is -0.493 e. The fourth-order valence-electron chi connectivity index (χ4n) is 5.86. The van der Waals surface area contributed by atoms with Crippen LogP contribution in [-0.4, -0.2) is 65.5 Å². The van der Waals surface area contributed by atoms with Gasteiger partial charge in [-0.1, -0.05) is 30.3 Å². The van der Waals surface area contributed by atoms with Crippen LogP contribution in [0, 0.1) is 0 Å². The number of imide groups is 1. The van der Waals surface area contributed by atoms with Crippen LogP contribution in [0.1, 0.15) is 41.8 Å². The molecule has 5 aromatic rings. The molecule has 3 heterocycles. The van der Waals surface area contributed by atoms with E-state index in [4.69, 9.17) is 25.2 Å². The van der Waals surface area contributed by atoms with Crippen molar-refractivity contribution in [3.8, 4) is 23.0 Å². The van der Waals surface area contributed by atoms with Crippen molar-refractivity contribution < 1.29 is 19.1 Å². The Morgan fingerprint density at radius 2 is 1.75 bits per heavy atom. The van der Waals surface area contributed by atoms with Crippen molar-refractivity contribution in [2.45, 2.75) is 32.1 Å². The Morgan fingerprint density at radius 3 is 2.55 bits per heavy atom. The van der Waals surface area contributed by atoms with Gasteiger partial charge in [0.05, 0.1) is 41.9 Å². The summed E-state index contributed by atoms with van der Waals surface area (Å²) < 4.78 is 10.7.